The quantitative estimate of drug-likeness (QED) is 0.673. The van der Waals surface area contributed by atoms with Crippen molar-refractivity contribution < 1.29 is 9.59 Å². The van der Waals surface area contributed by atoms with Crippen molar-refractivity contribution in [1.29, 1.82) is 0 Å². The lowest BCUT2D eigenvalue weighted by atomic mass is 10.1. The molecule has 16 heavy (non-hydrogen) atoms. The van der Waals surface area contributed by atoms with Crippen LogP contribution in [0.2, 0.25) is 0 Å². The fourth-order valence-electron chi connectivity index (χ4n) is 1.99. The lowest BCUT2D eigenvalue weighted by Crippen LogP contribution is -2.26. The van der Waals surface area contributed by atoms with Crippen molar-refractivity contribution in [3.05, 3.63) is 11.9 Å². The molecule has 1 fully saturated rings. The lowest BCUT2D eigenvalue weighted by Gasteiger charge is -2.13. The Labute approximate surface area is 93.2 Å². The van der Waals surface area contributed by atoms with Gasteiger partial charge in [-0.25, -0.2) is 0 Å². The van der Waals surface area contributed by atoms with E-state index in [1.165, 1.54) is 0 Å². The second-order valence-corrected chi connectivity index (χ2v) is 4.10. The van der Waals surface area contributed by atoms with Crippen LogP contribution in [-0.2, 0) is 11.3 Å². The Bertz CT molecular complexity index is 401. The third-order valence-corrected chi connectivity index (χ3v) is 2.85. The largest absolute Gasteiger partial charge is 0.343 e. The van der Waals surface area contributed by atoms with Gasteiger partial charge in [0.25, 0.3) is 0 Å². The predicted molar refractivity (Wildman–Crippen MR) is 55.8 cm³/mol. The number of likely N-dealkylation sites (tertiary alicyclic amines) is 1. The third kappa shape index (κ3) is 2.26. The molecule has 0 N–H and O–H groups in total. The van der Waals surface area contributed by atoms with Crippen LogP contribution in [0.3, 0.4) is 0 Å². The molecule has 0 radical (unpaired) electrons. The first-order valence-corrected chi connectivity index (χ1v) is 5.30. The second-order valence-electron chi connectivity index (χ2n) is 4.10. The van der Waals surface area contributed by atoms with Gasteiger partial charge in [0.15, 0.2) is 6.29 Å². The van der Waals surface area contributed by atoms with Crippen LogP contribution in [0.5, 0.6) is 0 Å². The van der Waals surface area contributed by atoms with Crippen LogP contribution in [0.1, 0.15) is 23.8 Å². The molecule has 1 aliphatic heterocycles. The first-order valence-electron chi connectivity index (χ1n) is 5.30. The van der Waals surface area contributed by atoms with Crippen LogP contribution >= 0.6 is 0 Å². The second kappa shape index (κ2) is 4.42. The number of hydrogen-bond donors (Lipinski definition) is 0. The first-order chi connectivity index (χ1) is 7.69. The van der Waals surface area contributed by atoms with E-state index in [1.807, 2.05) is 4.90 Å². The molecule has 86 valence electrons. The predicted octanol–water partition coefficient (Wildman–Crippen LogP) is -0.0410. The molecular formula is C10H14N4O2. The molecule has 1 atom stereocenters. The Hall–Kier alpha value is -1.72. The van der Waals surface area contributed by atoms with E-state index in [4.69, 9.17) is 0 Å². The molecule has 1 aromatic heterocycles. The smallest absolute Gasteiger partial charge is 0.219 e. The summed E-state index contributed by atoms with van der Waals surface area (Å²) < 4.78 is 1.66. The SMILES string of the molecule is CC(=O)N1CC[C@@H](Cn2cc(C=O)nn2)C1. The summed E-state index contributed by atoms with van der Waals surface area (Å²) in [4.78, 5) is 23.4. The molecule has 2 rings (SSSR count). The van der Waals surface area contributed by atoms with E-state index in [1.54, 1.807) is 17.8 Å². The van der Waals surface area contributed by atoms with Gasteiger partial charge >= 0.3 is 0 Å². The topological polar surface area (TPSA) is 68.1 Å². The fourth-order valence-corrected chi connectivity index (χ4v) is 1.99. The Morgan fingerprint density at radius 3 is 3.06 bits per heavy atom. The van der Waals surface area contributed by atoms with Crippen LogP contribution in [0, 0.1) is 5.92 Å². The van der Waals surface area contributed by atoms with Gasteiger partial charge in [-0.1, -0.05) is 5.21 Å². The van der Waals surface area contributed by atoms with Gasteiger partial charge in [-0.2, -0.15) is 0 Å². The average molecular weight is 222 g/mol. The standard InChI is InChI=1S/C10H14N4O2/c1-8(16)13-3-2-9(4-13)5-14-6-10(7-15)11-12-14/h6-7,9H,2-5H2,1H3/t9-/m1/s1. The minimum absolute atomic E-state index is 0.120. The molecule has 6 nitrogen and oxygen atoms in total. The maximum atomic E-state index is 11.1. The number of aldehydes is 1. The van der Waals surface area contributed by atoms with Crippen molar-refractivity contribution in [3.8, 4) is 0 Å². The molecule has 1 amide bonds. The van der Waals surface area contributed by atoms with Crippen molar-refractivity contribution in [3.63, 3.8) is 0 Å². The number of aromatic nitrogens is 3. The number of carbonyl (C=O) groups is 2. The van der Waals surface area contributed by atoms with E-state index in [2.05, 4.69) is 10.3 Å². The Morgan fingerprint density at radius 1 is 1.69 bits per heavy atom. The van der Waals surface area contributed by atoms with Crippen molar-refractivity contribution in [2.24, 2.45) is 5.92 Å². The number of rotatable bonds is 3. The molecule has 0 saturated carbocycles. The Balaban J connectivity index is 1.91. The van der Waals surface area contributed by atoms with Crippen LogP contribution in [0.25, 0.3) is 0 Å². The maximum Gasteiger partial charge on any atom is 0.219 e. The molecule has 1 saturated heterocycles. The molecule has 0 aromatic carbocycles. The Morgan fingerprint density at radius 2 is 2.50 bits per heavy atom. The van der Waals surface area contributed by atoms with Crippen molar-refractivity contribution in [1.82, 2.24) is 19.9 Å². The van der Waals surface area contributed by atoms with Gasteiger partial charge in [-0.3, -0.25) is 14.3 Å². The van der Waals surface area contributed by atoms with Gasteiger partial charge in [0.05, 0.1) is 6.20 Å². The van der Waals surface area contributed by atoms with Crippen LogP contribution < -0.4 is 0 Å². The molecule has 0 unspecified atom stereocenters. The molecule has 1 aliphatic rings. The summed E-state index contributed by atoms with van der Waals surface area (Å²) in [6.45, 7) is 3.88. The zero-order valence-corrected chi connectivity index (χ0v) is 9.17. The zero-order chi connectivity index (χ0) is 11.5. The summed E-state index contributed by atoms with van der Waals surface area (Å²) in [5.74, 6) is 0.528. The van der Waals surface area contributed by atoms with Gasteiger partial charge in [0, 0.05) is 26.6 Å². The van der Waals surface area contributed by atoms with Crippen LogP contribution in [0.4, 0.5) is 0 Å². The van der Waals surface area contributed by atoms with Crippen molar-refractivity contribution in [2.45, 2.75) is 19.9 Å². The van der Waals surface area contributed by atoms with Crippen LogP contribution in [-0.4, -0.2) is 45.2 Å². The van der Waals surface area contributed by atoms with Crippen molar-refractivity contribution >= 4 is 12.2 Å². The van der Waals surface area contributed by atoms with E-state index in [0.29, 0.717) is 24.4 Å². The van der Waals surface area contributed by atoms with E-state index in [-0.39, 0.29) is 5.91 Å². The fraction of sp³-hybridized carbons (Fsp3) is 0.600. The highest BCUT2D eigenvalue weighted by Gasteiger charge is 2.24. The first kappa shape index (κ1) is 10.8. The minimum Gasteiger partial charge on any atom is -0.343 e. The summed E-state index contributed by atoms with van der Waals surface area (Å²) in [5, 5.41) is 7.55. The number of carbonyl (C=O) groups excluding carboxylic acids is 2. The normalized spacial score (nSPS) is 20.1. The van der Waals surface area contributed by atoms with Crippen LogP contribution in [0.15, 0.2) is 6.20 Å². The maximum absolute atomic E-state index is 11.1. The lowest BCUT2D eigenvalue weighted by molar-refractivity contribution is -0.127. The van der Waals surface area contributed by atoms with Gasteiger partial charge in [-0.15, -0.1) is 5.10 Å². The van der Waals surface area contributed by atoms with Gasteiger partial charge in [-0.05, 0) is 12.3 Å². The zero-order valence-electron chi connectivity index (χ0n) is 9.17. The number of hydrogen-bond acceptors (Lipinski definition) is 4. The number of amides is 1. The minimum atomic E-state index is 0.120. The Kier molecular flexibility index (Phi) is 2.98. The van der Waals surface area contributed by atoms with E-state index in [9.17, 15) is 9.59 Å². The molecule has 0 aliphatic carbocycles. The van der Waals surface area contributed by atoms with E-state index >= 15 is 0 Å². The highest BCUT2D eigenvalue weighted by molar-refractivity contribution is 5.73. The highest BCUT2D eigenvalue weighted by atomic mass is 16.2. The summed E-state index contributed by atoms with van der Waals surface area (Å²) in [6.07, 6.45) is 3.29. The molecule has 2 heterocycles. The monoisotopic (exact) mass is 222 g/mol. The molecule has 1 aromatic rings. The van der Waals surface area contributed by atoms with Crippen molar-refractivity contribution in [2.75, 3.05) is 13.1 Å². The third-order valence-electron chi connectivity index (χ3n) is 2.85. The van der Waals surface area contributed by atoms with E-state index < -0.39 is 0 Å². The average Bonchev–Trinajstić information content (AvgIpc) is 2.87. The number of nitrogens with zero attached hydrogens (tertiary/aromatic N) is 4. The molecule has 6 heteroatoms. The summed E-state index contributed by atoms with van der Waals surface area (Å²) in [5.41, 5.74) is 0.349. The highest BCUT2D eigenvalue weighted by Crippen LogP contribution is 2.17. The summed E-state index contributed by atoms with van der Waals surface area (Å²) in [7, 11) is 0. The van der Waals surface area contributed by atoms with E-state index in [0.717, 1.165) is 19.5 Å². The summed E-state index contributed by atoms with van der Waals surface area (Å²) >= 11 is 0. The van der Waals surface area contributed by atoms with Gasteiger partial charge in [0.2, 0.25) is 5.91 Å². The van der Waals surface area contributed by atoms with Gasteiger partial charge in [0.1, 0.15) is 5.69 Å². The molecular weight excluding hydrogens is 208 g/mol. The molecule has 0 spiro atoms. The summed E-state index contributed by atoms with van der Waals surface area (Å²) in [6, 6.07) is 0. The molecule has 0 bridgehead atoms. The van der Waals surface area contributed by atoms with Gasteiger partial charge < -0.3 is 4.90 Å².